The molecule has 34 heavy (non-hydrogen) atoms. The van der Waals surface area contributed by atoms with E-state index in [4.69, 9.17) is 4.84 Å². The largest absolute Gasteiger partial charge is 0.592 e. The summed E-state index contributed by atoms with van der Waals surface area (Å²) in [4.78, 5) is 16.8. The van der Waals surface area contributed by atoms with Gasteiger partial charge in [-0.2, -0.15) is 0 Å². The van der Waals surface area contributed by atoms with Crippen LogP contribution in [0.15, 0.2) is 16.5 Å². The van der Waals surface area contributed by atoms with Gasteiger partial charge in [0.25, 0.3) is 0 Å². The first-order chi connectivity index (χ1) is 16.1. The van der Waals surface area contributed by atoms with Gasteiger partial charge in [-0.25, -0.2) is 4.79 Å². The fourth-order valence-electron chi connectivity index (χ4n) is 9.19. The Hall–Kier alpha value is -1.39. The lowest BCUT2D eigenvalue weighted by atomic mass is 9.46. The molecule has 3 saturated carbocycles. The van der Waals surface area contributed by atoms with Crippen molar-refractivity contribution >= 4 is 5.97 Å². The molecule has 0 saturated heterocycles. The fourth-order valence-corrected chi connectivity index (χ4v) is 9.19. The van der Waals surface area contributed by atoms with E-state index in [9.17, 15) is 10.0 Å². The van der Waals surface area contributed by atoms with Crippen molar-refractivity contribution in [1.29, 1.82) is 0 Å². The zero-order valence-electron chi connectivity index (χ0n) is 22.6. The van der Waals surface area contributed by atoms with E-state index in [2.05, 4.69) is 39.9 Å². The van der Waals surface area contributed by atoms with Crippen LogP contribution in [0.1, 0.15) is 119 Å². The van der Waals surface area contributed by atoms with E-state index in [-0.39, 0.29) is 5.41 Å². The van der Waals surface area contributed by atoms with Gasteiger partial charge in [0.1, 0.15) is 0 Å². The van der Waals surface area contributed by atoms with Crippen LogP contribution in [0.25, 0.3) is 0 Å². The van der Waals surface area contributed by atoms with Gasteiger partial charge in [0, 0.05) is 18.9 Å². The topological polar surface area (TPSA) is 64.7 Å². The average molecular weight is 473 g/mol. The number of nitrogens with zero attached hydrogens (tertiary/aromatic N) is 2. The number of hydrogen-bond donors (Lipinski definition) is 0. The normalized spacial score (nSPS) is 38.9. The third-order valence-corrected chi connectivity index (χ3v) is 10.8. The van der Waals surface area contributed by atoms with Crippen molar-refractivity contribution < 1.29 is 14.5 Å². The van der Waals surface area contributed by atoms with Crippen molar-refractivity contribution in [2.75, 3.05) is 0 Å². The van der Waals surface area contributed by atoms with Gasteiger partial charge in [0.05, 0.1) is 0 Å². The Labute approximate surface area is 207 Å². The molecule has 0 aromatic rings. The summed E-state index contributed by atoms with van der Waals surface area (Å²) in [6, 6.07) is 0. The molecule has 4 rings (SSSR count). The van der Waals surface area contributed by atoms with E-state index < -0.39 is 5.97 Å². The molecule has 4 aliphatic rings. The van der Waals surface area contributed by atoms with Gasteiger partial charge in [-0.05, 0) is 96.1 Å². The molecule has 0 heterocycles. The summed E-state index contributed by atoms with van der Waals surface area (Å²) in [6.07, 6.45) is 14.7. The van der Waals surface area contributed by atoms with E-state index >= 15 is 0 Å². The van der Waals surface area contributed by atoms with Crippen LogP contribution in [-0.4, -0.2) is 10.8 Å². The number of carbonyl (C=O) groups is 1. The molecule has 0 radical (unpaired) electrons. The summed E-state index contributed by atoms with van der Waals surface area (Å²) in [5, 5.41) is 16.8. The standard InChI is InChI=1S/C29H48N2O3/c1-19(2)10-9-11-20(3)23-13-14-24-22-18-27(31(33)30-34-21(4)32)26-12-7-8-16-28(26,5)25(22)15-17-29(23,24)6/h19-20,22-25H,7-18H2,1-6H3/t20?,22?,23?,24?,25?,28-,29-/m1/s1. The summed E-state index contributed by atoms with van der Waals surface area (Å²) in [5.41, 5.74) is 2.59. The molecule has 192 valence electrons. The van der Waals surface area contributed by atoms with Gasteiger partial charge in [0.2, 0.25) is 11.0 Å². The van der Waals surface area contributed by atoms with Crippen molar-refractivity contribution in [1.82, 2.24) is 0 Å². The Bertz CT molecular complexity index is 833. The molecule has 4 aliphatic carbocycles. The molecule has 0 aromatic carbocycles. The van der Waals surface area contributed by atoms with Gasteiger partial charge >= 0.3 is 5.97 Å². The highest BCUT2D eigenvalue weighted by Gasteiger charge is 2.61. The van der Waals surface area contributed by atoms with Crippen molar-refractivity contribution in [3.8, 4) is 0 Å². The van der Waals surface area contributed by atoms with Gasteiger partial charge in [0.15, 0.2) is 0 Å². The van der Waals surface area contributed by atoms with Crippen LogP contribution in [0.5, 0.6) is 0 Å². The Morgan fingerprint density at radius 3 is 2.59 bits per heavy atom. The highest BCUT2D eigenvalue weighted by atomic mass is 16.7. The first kappa shape index (κ1) is 25.7. The van der Waals surface area contributed by atoms with Crippen LogP contribution in [0.3, 0.4) is 0 Å². The highest BCUT2D eigenvalue weighted by molar-refractivity contribution is 5.65. The zero-order valence-corrected chi connectivity index (χ0v) is 22.6. The second-order valence-corrected chi connectivity index (χ2v) is 13.1. The quantitative estimate of drug-likeness (QED) is 0.213. The number of fused-ring (bicyclic) bond motifs is 5. The number of allylic oxidation sites excluding steroid dienone is 2. The van der Waals surface area contributed by atoms with Gasteiger partial charge in [-0.3, -0.25) is 4.84 Å². The molecular weight excluding hydrogens is 424 g/mol. The maximum absolute atomic E-state index is 13.1. The molecule has 3 fully saturated rings. The maximum Gasteiger partial charge on any atom is 0.337 e. The van der Waals surface area contributed by atoms with E-state index in [0.29, 0.717) is 28.0 Å². The van der Waals surface area contributed by atoms with Crippen LogP contribution in [0.4, 0.5) is 0 Å². The van der Waals surface area contributed by atoms with Crippen molar-refractivity contribution in [3.63, 3.8) is 0 Å². The van der Waals surface area contributed by atoms with Crippen molar-refractivity contribution in [2.24, 2.45) is 51.6 Å². The molecular formula is C29H48N2O3. The molecule has 0 amide bonds. The first-order valence-corrected chi connectivity index (χ1v) is 14.2. The number of rotatable bonds is 7. The summed E-state index contributed by atoms with van der Waals surface area (Å²) in [6.45, 7) is 13.5. The average Bonchev–Trinajstić information content (AvgIpc) is 3.13. The van der Waals surface area contributed by atoms with Gasteiger partial charge in [-0.1, -0.05) is 60.3 Å². The van der Waals surface area contributed by atoms with Crippen LogP contribution < -0.4 is 0 Å². The maximum atomic E-state index is 13.1. The summed E-state index contributed by atoms with van der Waals surface area (Å²) in [5.74, 6) is 3.72. The second-order valence-electron chi connectivity index (χ2n) is 13.1. The minimum absolute atomic E-state index is 0.0905. The van der Waals surface area contributed by atoms with Crippen molar-refractivity contribution in [2.45, 2.75) is 119 Å². The molecule has 0 spiro atoms. The second kappa shape index (κ2) is 9.93. The summed E-state index contributed by atoms with van der Waals surface area (Å²) < 4.78 is 0. The molecule has 0 aromatic heterocycles. The lowest BCUT2D eigenvalue weighted by Gasteiger charge is -2.57. The molecule has 0 bridgehead atoms. The first-order valence-electron chi connectivity index (χ1n) is 14.2. The van der Waals surface area contributed by atoms with Crippen molar-refractivity contribution in [3.05, 3.63) is 16.5 Å². The van der Waals surface area contributed by atoms with E-state index in [1.165, 1.54) is 70.3 Å². The third kappa shape index (κ3) is 4.57. The van der Waals surface area contributed by atoms with E-state index in [1.807, 2.05) is 0 Å². The number of hydrogen-bond acceptors (Lipinski definition) is 4. The SMILES string of the molecule is CC(=O)ON=[N+]([O-])C1=C2CCCC[C@]2(C)C2CC[C@]3(C)C(C(C)CCCC(C)C)CCC3C2C1. The smallest absolute Gasteiger partial charge is 0.337 e. The molecule has 5 heteroatoms. The van der Waals surface area contributed by atoms with Gasteiger partial charge in [-0.15, -0.1) is 0 Å². The highest BCUT2D eigenvalue weighted by Crippen LogP contribution is 2.68. The predicted molar refractivity (Wildman–Crippen MR) is 134 cm³/mol. The minimum Gasteiger partial charge on any atom is -0.592 e. The summed E-state index contributed by atoms with van der Waals surface area (Å²) in [7, 11) is 0. The lowest BCUT2D eigenvalue weighted by Crippen LogP contribution is -2.51. The Morgan fingerprint density at radius 2 is 1.88 bits per heavy atom. The molecule has 0 aliphatic heterocycles. The third-order valence-electron chi connectivity index (χ3n) is 10.8. The Balaban J connectivity index is 1.61. The molecule has 5 unspecified atom stereocenters. The number of hydroxylamine groups is 1. The van der Waals surface area contributed by atoms with Crippen LogP contribution in [-0.2, 0) is 9.63 Å². The molecule has 0 N–H and O–H groups in total. The van der Waals surface area contributed by atoms with Crippen LogP contribution >= 0.6 is 0 Å². The predicted octanol–water partition coefficient (Wildman–Crippen LogP) is 8.19. The van der Waals surface area contributed by atoms with E-state index in [0.717, 1.165) is 42.7 Å². The Kier molecular flexibility index (Phi) is 7.51. The molecule has 5 nitrogen and oxygen atoms in total. The lowest BCUT2D eigenvalue weighted by molar-refractivity contribution is -0.513. The monoisotopic (exact) mass is 472 g/mol. The number of carbonyl (C=O) groups excluding carboxylic acids is 1. The fraction of sp³-hybridized carbons (Fsp3) is 0.897. The summed E-state index contributed by atoms with van der Waals surface area (Å²) >= 11 is 0. The Morgan fingerprint density at radius 1 is 1.12 bits per heavy atom. The minimum atomic E-state index is -0.540. The zero-order chi connectivity index (χ0) is 24.7. The van der Waals surface area contributed by atoms with Crippen LogP contribution in [0, 0.1) is 51.5 Å². The molecule has 7 atom stereocenters. The van der Waals surface area contributed by atoms with Gasteiger partial charge < -0.3 is 5.21 Å². The van der Waals surface area contributed by atoms with Crippen LogP contribution in [0.2, 0.25) is 0 Å². The van der Waals surface area contributed by atoms with E-state index in [1.54, 1.807) is 0 Å².